The van der Waals surface area contributed by atoms with Crippen LogP contribution in [0.25, 0.3) is 22.6 Å². The van der Waals surface area contributed by atoms with Crippen LogP contribution in [0.1, 0.15) is 19.2 Å². The maximum Gasteiger partial charge on any atom is 0.306 e. The van der Waals surface area contributed by atoms with Crippen molar-refractivity contribution in [1.29, 1.82) is 0 Å². The summed E-state index contributed by atoms with van der Waals surface area (Å²) in [5.41, 5.74) is 2.17. The SMILES string of the molecule is CC(CCc1nc(-c2ccc(S(C)(=O)=O)cc2)c(-c2ccccc2)o1)C(=O)O. The molecule has 6 nitrogen and oxygen atoms in total. The Balaban J connectivity index is 2.00. The van der Waals surface area contributed by atoms with Crippen molar-refractivity contribution < 1.29 is 22.7 Å². The number of aryl methyl sites for hydroxylation is 1. The number of benzene rings is 2. The van der Waals surface area contributed by atoms with E-state index < -0.39 is 21.7 Å². The van der Waals surface area contributed by atoms with Gasteiger partial charge in [0.2, 0.25) is 0 Å². The van der Waals surface area contributed by atoms with Crippen LogP contribution in [0.15, 0.2) is 63.9 Å². The fourth-order valence-electron chi connectivity index (χ4n) is 2.78. The molecule has 0 aliphatic heterocycles. The number of hydrogen-bond acceptors (Lipinski definition) is 5. The highest BCUT2D eigenvalue weighted by molar-refractivity contribution is 7.90. The van der Waals surface area contributed by atoms with Crippen LogP contribution in [-0.2, 0) is 21.1 Å². The smallest absolute Gasteiger partial charge is 0.306 e. The normalized spacial score (nSPS) is 12.6. The third-order valence-electron chi connectivity index (χ3n) is 4.48. The first-order valence-electron chi connectivity index (χ1n) is 8.84. The Morgan fingerprint density at radius 1 is 1.07 bits per heavy atom. The Morgan fingerprint density at radius 3 is 2.29 bits per heavy atom. The Morgan fingerprint density at radius 2 is 1.71 bits per heavy atom. The molecule has 0 saturated carbocycles. The topological polar surface area (TPSA) is 97.5 Å². The van der Waals surface area contributed by atoms with Crippen molar-refractivity contribution in [2.24, 2.45) is 5.92 Å². The van der Waals surface area contributed by atoms with E-state index in [1.165, 1.54) is 0 Å². The number of aliphatic carboxylic acids is 1. The molecule has 1 heterocycles. The fraction of sp³-hybridized carbons (Fsp3) is 0.238. The van der Waals surface area contributed by atoms with Crippen LogP contribution in [0.3, 0.4) is 0 Å². The van der Waals surface area contributed by atoms with Crippen molar-refractivity contribution in [3.8, 4) is 22.6 Å². The van der Waals surface area contributed by atoms with Gasteiger partial charge in [0.15, 0.2) is 21.5 Å². The summed E-state index contributed by atoms with van der Waals surface area (Å²) in [4.78, 5) is 15.9. The number of rotatable bonds is 7. The van der Waals surface area contributed by atoms with Gasteiger partial charge in [-0.25, -0.2) is 13.4 Å². The van der Waals surface area contributed by atoms with Gasteiger partial charge in [-0.05, 0) is 18.6 Å². The molecule has 1 aromatic heterocycles. The maximum atomic E-state index is 11.7. The predicted octanol–water partition coefficient (Wildman–Crippen LogP) is 4.07. The summed E-state index contributed by atoms with van der Waals surface area (Å²) >= 11 is 0. The van der Waals surface area contributed by atoms with Crippen LogP contribution in [0.2, 0.25) is 0 Å². The standard InChI is InChI=1S/C21H21NO5S/c1-14(21(23)24)8-13-18-22-19(20(27-18)16-6-4-3-5-7-16)15-9-11-17(12-10-15)28(2,25)26/h3-7,9-12,14H,8,13H2,1-2H3,(H,23,24). The molecule has 0 amide bonds. The molecule has 3 rings (SSSR count). The average Bonchev–Trinajstić information content (AvgIpc) is 3.10. The van der Waals surface area contributed by atoms with E-state index in [2.05, 4.69) is 4.98 Å². The molecule has 146 valence electrons. The second-order valence-electron chi connectivity index (χ2n) is 6.73. The van der Waals surface area contributed by atoms with E-state index in [0.717, 1.165) is 17.4 Å². The lowest BCUT2D eigenvalue weighted by Gasteiger charge is -2.03. The van der Waals surface area contributed by atoms with Crippen molar-refractivity contribution in [2.75, 3.05) is 6.26 Å². The molecular weight excluding hydrogens is 378 g/mol. The van der Waals surface area contributed by atoms with Crippen molar-refractivity contribution in [3.05, 3.63) is 60.5 Å². The van der Waals surface area contributed by atoms with Gasteiger partial charge in [-0.15, -0.1) is 0 Å². The summed E-state index contributed by atoms with van der Waals surface area (Å²) in [7, 11) is -3.28. The summed E-state index contributed by atoms with van der Waals surface area (Å²) in [5, 5.41) is 9.07. The van der Waals surface area contributed by atoms with Gasteiger partial charge in [0.1, 0.15) is 5.69 Å². The van der Waals surface area contributed by atoms with E-state index in [-0.39, 0.29) is 4.90 Å². The minimum atomic E-state index is -3.28. The summed E-state index contributed by atoms with van der Waals surface area (Å²) < 4.78 is 29.4. The lowest BCUT2D eigenvalue weighted by molar-refractivity contribution is -0.141. The van der Waals surface area contributed by atoms with Crippen molar-refractivity contribution in [2.45, 2.75) is 24.7 Å². The predicted molar refractivity (Wildman–Crippen MR) is 106 cm³/mol. The molecule has 7 heteroatoms. The Labute approximate surface area is 163 Å². The molecule has 0 bridgehead atoms. The Bertz CT molecular complexity index is 1070. The van der Waals surface area contributed by atoms with Gasteiger partial charge in [0, 0.05) is 23.8 Å². The van der Waals surface area contributed by atoms with Crippen LogP contribution < -0.4 is 0 Å². The molecule has 1 atom stereocenters. The van der Waals surface area contributed by atoms with Gasteiger partial charge in [-0.1, -0.05) is 49.4 Å². The van der Waals surface area contributed by atoms with Crippen LogP contribution in [-0.4, -0.2) is 30.7 Å². The van der Waals surface area contributed by atoms with Crippen LogP contribution in [0, 0.1) is 5.92 Å². The van der Waals surface area contributed by atoms with E-state index in [9.17, 15) is 13.2 Å². The first kappa shape index (κ1) is 19.8. The number of carboxylic acids is 1. The number of carboxylic acid groups (broad SMARTS) is 1. The highest BCUT2D eigenvalue weighted by atomic mass is 32.2. The number of aromatic nitrogens is 1. The quantitative estimate of drug-likeness (QED) is 0.643. The Hall–Kier alpha value is -2.93. The number of sulfone groups is 1. The molecule has 2 aromatic carbocycles. The van der Waals surface area contributed by atoms with Crippen LogP contribution in [0.4, 0.5) is 0 Å². The first-order valence-corrected chi connectivity index (χ1v) is 10.7. The lowest BCUT2D eigenvalue weighted by atomic mass is 10.1. The summed E-state index contributed by atoms with van der Waals surface area (Å²) in [5.74, 6) is -0.323. The molecule has 0 radical (unpaired) electrons. The third kappa shape index (κ3) is 4.48. The zero-order chi connectivity index (χ0) is 20.3. The van der Waals surface area contributed by atoms with E-state index >= 15 is 0 Å². The van der Waals surface area contributed by atoms with E-state index in [1.807, 2.05) is 30.3 Å². The second-order valence-corrected chi connectivity index (χ2v) is 8.74. The van der Waals surface area contributed by atoms with Crippen molar-refractivity contribution in [3.63, 3.8) is 0 Å². The second kappa shape index (κ2) is 7.98. The molecule has 0 saturated heterocycles. The van der Waals surface area contributed by atoms with E-state index in [4.69, 9.17) is 9.52 Å². The number of hydrogen-bond donors (Lipinski definition) is 1. The summed E-state index contributed by atoms with van der Waals surface area (Å²) in [6, 6.07) is 16.0. The number of oxazole rings is 1. The molecular formula is C21H21NO5S. The maximum absolute atomic E-state index is 11.7. The third-order valence-corrected chi connectivity index (χ3v) is 5.60. The number of carbonyl (C=O) groups is 1. The van der Waals surface area contributed by atoms with Gasteiger partial charge in [0.25, 0.3) is 0 Å². The van der Waals surface area contributed by atoms with Crippen molar-refractivity contribution in [1.82, 2.24) is 4.98 Å². The van der Waals surface area contributed by atoms with E-state index in [1.54, 1.807) is 31.2 Å². The van der Waals surface area contributed by atoms with Gasteiger partial charge >= 0.3 is 5.97 Å². The minimum Gasteiger partial charge on any atom is -0.481 e. The molecule has 1 N–H and O–H groups in total. The summed E-state index contributed by atoms with van der Waals surface area (Å²) in [6.45, 7) is 1.65. The molecule has 0 fully saturated rings. The van der Waals surface area contributed by atoms with Crippen LogP contribution in [0.5, 0.6) is 0 Å². The molecule has 1 unspecified atom stereocenters. The van der Waals surface area contributed by atoms with Gasteiger partial charge in [-0.3, -0.25) is 4.79 Å². The molecule has 28 heavy (non-hydrogen) atoms. The monoisotopic (exact) mass is 399 g/mol. The molecule has 0 spiro atoms. The first-order chi connectivity index (χ1) is 13.3. The zero-order valence-corrected chi connectivity index (χ0v) is 16.4. The minimum absolute atomic E-state index is 0.233. The largest absolute Gasteiger partial charge is 0.481 e. The van der Waals surface area contributed by atoms with Gasteiger partial charge < -0.3 is 9.52 Å². The fourth-order valence-corrected chi connectivity index (χ4v) is 3.41. The van der Waals surface area contributed by atoms with Gasteiger partial charge in [0.05, 0.1) is 10.8 Å². The average molecular weight is 399 g/mol. The Kier molecular flexibility index (Phi) is 5.65. The molecule has 0 aliphatic rings. The number of nitrogens with zero attached hydrogens (tertiary/aromatic N) is 1. The van der Waals surface area contributed by atoms with E-state index in [0.29, 0.717) is 30.2 Å². The molecule has 3 aromatic rings. The highest BCUT2D eigenvalue weighted by Crippen LogP contribution is 2.33. The van der Waals surface area contributed by atoms with Crippen molar-refractivity contribution >= 4 is 15.8 Å². The lowest BCUT2D eigenvalue weighted by Crippen LogP contribution is -2.10. The highest BCUT2D eigenvalue weighted by Gasteiger charge is 2.19. The van der Waals surface area contributed by atoms with Crippen LogP contribution >= 0.6 is 0 Å². The zero-order valence-electron chi connectivity index (χ0n) is 15.6. The molecule has 0 aliphatic carbocycles. The van der Waals surface area contributed by atoms with Gasteiger partial charge in [-0.2, -0.15) is 0 Å². The summed E-state index contributed by atoms with van der Waals surface area (Å²) in [6.07, 6.45) is 1.97.